The van der Waals surface area contributed by atoms with Gasteiger partial charge in [0.15, 0.2) is 0 Å². The van der Waals surface area contributed by atoms with Crippen LogP contribution in [-0.4, -0.2) is 21.5 Å². The van der Waals surface area contributed by atoms with Crippen LogP contribution in [0.15, 0.2) is 33.7 Å². The minimum absolute atomic E-state index is 0.133. The lowest BCUT2D eigenvalue weighted by Crippen LogP contribution is -1.91. The van der Waals surface area contributed by atoms with E-state index in [4.69, 9.17) is 9.63 Å². The minimum Gasteiger partial charge on any atom is -0.475 e. The van der Waals surface area contributed by atoms with E-state index in [2.05, 4.69) is 18.1 Å². The van der Waals surface area contributed by atoms with Gasteiger partial charge in [0, 0.05) is 21.8 Å². The average Bonchev–Trinajstić information content (AvgIpc) is 2.91. The molecule has 2 aromatic rings. The fourth-order valence-electron chi connectivity index (χ4n) is 2.07. The van der Waals surface area contributed by atoms with Gasteiger partial charge in [0.2, 0.25) is 5.76 Å². The van der Waals surface area contributed by atoms with E-state index in [0.717, 1.165) is 12.0 Å². The Bertz CT molecular complexity index is 620. The normalized spacial score (nSPS) is 17.7. The van der Waals surface area contributed by atoms with Gasteiger partial charge in [-0.3, -0.25) is 0 Å². The topological polar surface area (TPSA) is 63.3 Å². The van der Waals surface area contributed by atoms with Crippen LogP contribution < -0.4 is 0 Å². The molecule has 1 aliphatic rings. The van der Waals surface area contributed by atoms with Crippen molar-refractivity contribution >= 4 is 17.7 Å². The Kier molecular flexibility index (Phi) is 2.63. The summed E-state index contributed by atoms with van der Waals surface area (Å²) in [7, 11) is 0. The summed E-state index contributed by atoms with van der Waals surface area (Å²) < 4.78 is 4.76. The highest BCUT2D eigenvalue weighted by atomic mass is 32.2. The average molecular weight is 261 g/mol. The van der Waals surface area contributed by atoms with Crippen molar-refractivity contribution in [1.29, 1.82) is 0 Å². The van der Waals surface area contributed by atoms with Crippen LogP contribution in [0.25, 0.3) is 11.3 Å². The van der Waals surface area contributed by atoms with Crippen LogP contribution in [0.5, 0.6) is 0 Å². The van der Waals surface area contributed by atoms with E-state index in [0.29, 0.717) is 10.9 Å². The van der Waals surface area contributed by atoms with Gasteiger partial charge < -0.3 is 9.63 Å². The smallest absolute Gasteiger partial charge is 0.374 e. The molecule has 1 aromatic carbocycles. The van der Waals surface area contributed by atoms with Crippen molar-refractivity contribution in [2.75, 3.05) is 0 Å². The first-order valence-corrected chi connectivity index (χ1v) is 6.51. The van der Waals surface area contributed by atoms with Gasteiger partial charge >= 0.3 is 5.97 Å². The zero-order valence-electron chi connectivity index (χ0n) is 9.71. The first kappa shape index (κ1) is 11.3. The molecule has 0 radical (unpaired) electrons. The molecule has 92 valence electrons. The Labute approximate surface area is 108 Å². The third kappa shape index (κ3) is 1.90. The predicted molar refractivity (Wildman–Crippen MR) is 67.9 cm³/mol. The standard InChI is InChI=1S/C13H11NO3S/c1-7-4-9-3-2-8(5-12(9)18-7)10-6-11(13(15)16)17-14-10/h2-3,5-7H,4H2,1H3,(H,15,16). The van der Waals surface area contributed by atoms with Crippen molar-refractivity contribution in [2.24, 2.45) is 0 Å². The number of benzene rings is 1. The molecular formula is C13H11NO3S. The Morgan fingerprint density at radius 1 is 1.50 bits per heavy atom. The molecule has 18 heavy (non-hydrogen) atoms. The molecule has 5 heteroatoms. The number of carbonyl (C=O) groups is 1. The summed E-state index contributed by atoms with van der Waals surface area (Å²) in [5, 5.41) is 13.2. The molecule has 0 amide bonds. The molecule has 1 aliphatic heterocycles. The number of hydrogen-bond acceptors (Lipinski definition) is 4. The second-order valence-electron chi connectivity index (χ2n) is 4.34. The van der Waals surface area contributed by atoms with E-state index >= 15 is 0 Å². The molecule has 1 unspecified atom stereocenters. The lowest BCUT2D eigenvalue weighted by molar-refractivity contribution is 0.0652. The van der Waals surface area contributed by atoms with Crippen LogP contribution in [0, 0.1) is 0 Å². The van der Waals surface area contributed by atoms with Crippen molar-refractivity contribution in [3.05, 3.63) is 35.6 Å². The predicted octanol–water partition coefficient (Wildman–Crippen LogP) is 3.08. The maximum atomic E-state index is 10.7. The molecule has 1 N–H and O–H groups in total. The third-order valence-corrected chi connectivity index (χ3v) is 4.12. The highest BCUT2D eigenvalue weighted by molar-refractivity contribution is 8.00. The van der Waals surface area contributed by atoms with Crippen LogP contribution >= 0.6 is 11.8 Å². The zero-order valence-corrected chi connectivity index (χ0v) is 10.5. The van der Waals surface area contributed by atoms with Crippen molar-refractivity contribution < 1.29 is 14.4 Å². The minimum atomic E-state index is -1.10. The number of nitrogens with zero attached hydrogens (tertiary/aromatic N) is 1. The molecular weight excluding hydrogens is 250 g/mol. The summed E-state index contributed by atoms with van der Waals surface area (Å²) in [6.45, 7) is 2.20. The highest BCUT2D eigenvalue weighted by Gasteiger charge is 2.20. The molecule has 0 saturated heterocycles. The second-order valence-corrected chi connectivity index (χ2v) is 5.82. The van der Waals surface area contributed by atoms with E-state index in [9.17, 15) is 4.79 Å². The summed E-state index contributed by atoms with van der Waals surface area (Å²) >= 11 is 1.84. The van der Waals surface area contributed by atoms with Gasteiger partial charge in [-0.15, -0.1) is 11.8 Å². The Balaban J connectivity index is 1.97. The molecule has 0 bridgehead atoms. The maximum absolute atomic E-state index is 10.7. The molecule has 1 atom stereocenters. The summed E-state index contributed by atoms with van der Waals surface area (Å²) in [5.74, 6) is -1.23. The summed E-state index contributed by atoms with van der Waals surface area (Å²) in [6, 6.07) is 7.54. The van der Waals surface area contributed by atoms with E-state index < -0.39 is 5.97 Å². The van der Waals surface area contributed by atoms with E-state index in [1.807, 2.05) is 23.9 Å². The van der Waals surface area contributed by atoms with Crippen LogP contribution in [0.2, 0.25) is 0 Å². The molecule has 0 saturated carbocycles. The number of carboxylic acid groups (broad SMARTS) is 1. The summed E-state index contributed by atoms with van der Waals surface area (Å²) in [6.07, 6.45) is 1.08. The van der Waals surface area contributed by atoms with Crippen LogP contribution in [0.4, 0.5) is 0 Å². The quantitative estimate of drug-likeness (QED) is 0.900. The number of aromatic nitrogens is 1. The Morgan fingerprint density at radius 3 is 3.06 bits per heavy atom. The van der Waals surface area contributed by atoms with Crippen LogP contribution in [0.1, 0.15) is 23.0 Å². The third-order valence-electron chi connectivity index (χ3n) is 2.92. The van der Waals surface area contributed by atoms with Gasteiger partial charge in [-0.2, -0.15) is 0 Å². The Hall–Kier alpha value is -1.75. The second kappa shape index (κ2) is 4.17. The molecule has 3 rings (SSSR count). The van der Waals surface area contributed by atoms with Gasteiger partial charge in [-0.1, -0.05) is 24.2 Å². The molecule has 0 fully saturated rings. The SMILES string of the molecule is CC1Cc2ccc(-c3cc(C(=O)O)on3)cc2S1. The molecule has 4 nitrogen and oxygen atoms in total. The fraction of sp³-hybridized carbons (Fsp3) is 0.231. The lowest BCUT2D eigenvalue weighted by Gasteiger charge is -2.00. The number of rotatable bonds is 2. The van der Waals surface area contributed by atoms with Gasteiger partial charge in [-0.25, -0.2) is 4.79 Å². The van der Waals surface area contributed by atoms with Crippen molar-refractivity contribution in [1.82, 2.24) is 5.16 Å². The molecule has 2 heterocycles. The van der Waals surface area contributed by atoms with Gasteiger partial charge in [0.1, 0.15) is 5.69 Å². The Morgan fingerprint density at radius 2 is 2.33 bits per heavy atom. The van der Waals surface area contributed by atoms with Crippen LogP contribution in [-0.2, 0) is 6.42 Å². The van der Waals surface area contributed by atoms with E-state index in [1.54, 1.807) is 0 Å². The zero-order chi connectivity index (χ0) is 12.7. The summed E-state index contributed by atoms with van der Waals surface area (Å²) in [4.78, 5) is 12.0. The van der Waals surface area contributed by atoms with Crippen molar-refractivity contribution in [3.8, 4) is 11.3 Å². The largest absolute Gasteiger partial charge is 0.475 e. The monoisotopic (exact) mass is 261 g/mol. The first-order chi connectivity index (χ1) is 8.63. The summed E-state index contributed by atoms with van der Waals surface area (Å²) in [5.41, 5.74) is 2.81. The van der Waals surface area contributed by atoms with Crippen LogP contribution in [0.3, 0.4) is 0 Å². The van der Waals surface area contributed by atoms with E-state index in [-0.39, 0.29) is 5.76 Å². The number of hydrogen-bond donors (Lipinski definition) is 1. The van der Waals surface area contributed by atoms with Crippen molar-refractivity contribution in [3.63, 3.8) is 0 Å². The maximum Gasteiger partial charge on any atom is 0.374 e. The van der Waals surface area contributed by atoms with Gasteiger partial charge in [-0.05, 0) is 18.1 Å². The number of thioether (sulfide) groups is 1. The number of fused-ring (bicyclic) bond motifs is 1. The highest BCUT2D eigenvalue weighted by Crippen LogP contribution is 2.38. The molecule has 1 aromatic heterocycles. The fourth-order valence-corrected chi connectivity index (χ4v) is 3.27. The van der Waals surface area contributed by atoms with Crippen molar-refractivity contribution in [2.45, 2.75) is 23.5 Å². The molecule has 0 spiro atoms. The van der Waals surface area contributed by atoms with Gasteiger partial charge in [0.05, 0.1) is 0 Å². The molecule has 0 aliphatic carbocycles. The lowest BCUT2D eigenvalue weighted by atomic mass is 10.1. The van der Waals surface area contributed by atoms with E-state index in [1.165, 1.54) is 16.5 Å². The van der Waals surface area contributed by atoms with Gasteiger partial charge in [0.25, 0.3) is 0 Å². The number of carboxylic acids is 1. The number of aromatic carboxylic acids is 1. The first-order valence-electron chi connectivity index (χ1n) is 5.63.